The molecule has 1 atom stereocenters. The zero-order chi connectivity index (χ0) is 15.9. The zero-order valence-corrected chi connectivity index (χ0v) is 13.3. The van der Waals surface area contributed by atoms with E-state index in [4.69, 9.17) is 15.7 Å². The van der Waals surface area contributed by atoms with Gasteiger partial charge in [-0.25, -0.2) is 4.99 Å². The maximum absolute atomic E-state index is 5.88. The molecular formula is C18H21N5. The van der Waals surface area contributed by atoms with Crippen LogP contribution in [-0.2, 0) is 0 Å². The standard InChI is InChI=1S/C18H21N5/c1-18(13-5-7-20-8-6-13)21-11-17-16(23-18)10-15(22-17)12-3-2-4-14(19)9-12/h2-4,9-11,13,20H,5-8,19H2,1H3. The summed E-state index contributed by atoms with van der Waals surface area (Å²) in [5.41, 5.74) is 9.98. The predicted molar refractivity (Wildman–Crippen MR) is 96.2 cm³/mol. The molecule has 0 aliphatic carbocycles. The summed E-state index contributed by atoms with van der Waals surface area (Å²) in [6.07, 6.45) is 6.17. The summed E-state index contributed by atoms with van der Waals surface area (Å²) < 4.78 is 0. The summed E-state index contributed by atoms with van der Waals surface area (Å²) in [6.45, 7) is 4.23. The minimum absolute atomic E-state index is 0.363. The van der Waals surface area contributed by atoms with Crippen molar-refractivity contribution in [2.24, 2.45) is 20.9 Å². The number of nitrogens with zero attached hydrogens (tertiary/aromatic N) is 3. The van der Waals surface area contributed by atoms with E-state index in [1.807, 2.05) is 30.5 Å². The summed E-state index contributed by atoms with van der Waals surface area (Å²) in [5, 5.41) is 3.40. The van der Waals surface area contributed by atoms with Crippen LogP contribution >= 0.6 is 0 Å². The highest BCUT2D eigenvalue weighted by Gasteiger charge is 2.37. The number of allylic oxidation sites excluding steroid dienone is 1. The average molecular weight is 307 g/mol. The third kappa shape index (κ3) is 2.61. The van der Waals surface area contributed by atoms with Crippen LogP contribution in [0.2, 0.25) is 0 Å². The fourth-order valence-corrected chi connectivity index (χ4v) is 3.48. The van der Waals surface area contributed by atoms with Gasteiger partial charge >= 0.3 is 0 Å². The molecular weight excluding hydrogens is 286 g/mol. The normalized spacial score (nSPS) is 27.3. The Bertz CT molecular complexity index is 752. The molecule has 1 fully saturated rings. The molecule has 0 radical (unpaired) electrons. The first kappa shape index (κ1) is 14.3. The molecule has 3 aliphatic rings. The first-order valence-electron chi connectivity index (χ1n) is 8.16. The second-order valence-corrected chi connectivity index (χ2v) is 6.53. The molecule has 5 nitrogen and oxygen atoms in total. The Morgan fingerprint density at radius 3 is 2.83 bits per heavy atom. The predicted octanol–water partition coefficient (Wildman–Crippen LogP) is 2.31. The van der Waals surface area contributed by atoms with E-state index in [1.165, 1.54) is 0 Å². The van der Waals surface area contributed by atoms with Gasteiger partial charge in [-0.05, 0) is 51.1 Å². The van der Waals surface area contributed by atoms with E-state index < -0.39 is 0 Å². The Morgan fingerprint density at radius 2 is 2.04 bits per heavy atom. The van der Waals surface area contributed by atoms with E-state index >= 15 is 0 Å². The van der Waals surface area contributed by atoms with Crippen LogP contribution in [0.25, 0.3) is 5.70 Å². The van der Waals surface area contributed by atoms with Gasteiger partial charge in [0.1, 0.15) is 5.71 Å². The summed E-state index contributed by atoms with van der Waals surface area (Å²) in [6, 6.07) is 7.79. The fourth-order valence-electron chi connectivity index (χ4n) is 3.48. The van der Waals surface area contributed by atoms with Crippen molar-refractivity contribution in [3.63, 3.8) is 0 Å². The number of piperidine rings is 1. The molecule has 0 bridgehead atoms. The molecule has 0 spiro atoms. The summed E-state index contributed by atoms with van der Waals surface area (Å²) in [4.78, 5) is 14.4. The van der Waals surface area contributed by atoms with Crippen molar-refractivity contribution in [1.82, 2.24) is 5.32 Å². The molecule has 0 saturated carbocycles. The van der Waals surface area contributed by atoms with Crippen molar-refractivity contribution < 1.29 is 0 Å². The quantitative estimate of drug-likeness (QED) is 0.823. The topological polar surface area (TPSA) is 75.1 Å². The Morgan fingerprint density at radius 1 is 1.22 bits per heavy atom. The lowest BCUT2D eigenvalue weighted by atomic mass is 9.85. The van der Waals surface area contributed by atoms with Gasteiger partial charge in [0.25, 0.3) is 0 Å². The van der Waals surface area contributed by atoms with Gasteiger partial charge in [-0.2, -0.15) is 0 Å². The number of rotatable bonds is 2. The Hall–Kier alpha value is -2.27. The van der Waals surface area contributed by atoms with E-state index in [1.54, 1.807) is 0 Å². The van der Waals surface area contributed by atoms with Gasteiger partial charge in [0, 0.05) is 17.2 Å². The average Bonchev–Trinajstić information content (AvgIpc) is 2.98. The first-order chi connectivity index (χ1) is 11.1. The van der Waals surface area contributed by atoms with Gasteiger partial charge in [-0.1, -0.05) is 12.1 Å². The molecule has 5 heteroatoms. The largest absolute Gasteiger partial charge is 0.399 e. The lowest BCUT2D eigenvalue weighted by molar-refractivity contribution is 0.244. The molecule has 0 aromatic heterocycles. The minimum Gasteiger partial charge on any atom is -0.399 e. The van der Waals surface area contributed by atoms with Crippen LogP contribution in [0.15, 0.2) is 45.3 Å². The van der Waals surface area contributed by atoms with E-state index in [0.29, 0.717) is 5.92 Å². The van der Waals surface area contributed by atoms with E-state index in [-0.39, 0.29) is 5.66 Å². The number of hydrogen-bond donors (Lipinski definition) is 2. The SMILES string of the molecule is CC1(C2CCNCC2)N=CC2=NC(c3cccc(N)c3)=CC2=N1. The smallest absolute Gasteiger partial charge is 0.151 e. The van der Waals surface area contributed by atoms with Crippen LogP contribution in [0, 0.1) is 5.92 Å². The van der Waals surface area contributed by atoms with Crippen LogP contribution in [0.4, 0.5) is 5.69 Å². The lowest BCUT2D eigenvalue weighted by Gasteiger charge is -2.35. The maximum Gasteiger partial charge on any atom is 0.151 e. The van der Waals surface area contributed by atoms with Crippen molar-refractivity contribution in [2.45, 2.75) is 25.4 Å². The molecule has 23 heavy (non-hydrogen) atoms. The molecule has 118 valence electrons. The third-order valence-electron chi connectivity index (χ3n) is 4.87. The molecule has 0 amide bonds. The van der Waals surface area contributed by atoms with Crippen molar-refractivity contribution in [1.29, 1.82) is 0 Å². The Kier molecular flexibility index (Phi) is 3.38. The molecule has 1 aromatic rings. The van der Waals surface area contributed by atoms with Crippen molar-refractivity contribution in [3.8, 4) is 0 Å². The summed E-state index contributed by atoms with van der Waals surface area (Å²) in [7, 11) is 0. The molecule has 3 aliphatic heterocycles. The number of nitrogens with two attached hydrogens (primary N) is 1. The maximum atomic E-state index is 5.88. The number of nitrogens with one attached hydrogen (secondary N) is 1. The second-order valence-electron chi connectivity index (χ2n) is 6.53. The minimum atomic E-state index is -0.363. The zero-order valence-electron chi connectivity index (χ0n) is 13.3. The Labute approximate surface area is 136 Å². The first-order valence-corrected chi connectivity index (χ1v) is 8.16. The van der Waals surface area contributed by atoms with Gasteiger partial charge in [-0.15, -0.1) is 0 Å². The van der Waals surface area contributed by atoms with Gasteiger partial charge < -0.3 is 11.1 Å². The lowest BCUT2D eigenvalue weighted by Crippen LogP contribution is -2.42. The van der Waals surface area contributed by atoms with E-state index in [0.717, 1.165) is 54.3 Å². The third-order valence-corrected chi connectivity index (χ3v) is 4.87. The number of nitrogen functional groups attached to an aromatic ring is 1. The number of anilines is 1. The molecule has 1 aromatic carbocycles. The molecule has 3 N–H and O–H groups in total. The highest BCUT2D eigenvalue weighted by molar-refractivity contribution is 6.68. The van der Waals surface area contributed by atoms with E-state index in [9.17, 15) is 0 Å². The summed E-state index contributed by atoms with van der Waals surface area (Å²) in [5.74, 6) is 0.485. The van der Waals surface area contributed by atoms with E-state index in [2.05, 4.69) is 23.3 Å². The van der Waals surface area contributed by atoms with Crippen LogP contribution in [-0.4, -0.2) is 36.4 Å². The molecule has 1 saturated heterocycles. The highest BCUT2D eigenvalue weighted by atomic mass is 15.1. The Balaban J connectivity index is 1.66. The second kappa shape index (κ2) is 5.42. The monoisotopic (exact) mass is 307 g/mol. The summed E-state index contributed by atoms with van der Waals surface area (Å²) >= 11 is 0. The van der Waals surface area contributed by atoms with Gasteiger partial charge in [-0.3, -0.25) is 9.98 Å². The highest BCUT2D eigenvalue weighted by Crippen LogP contribution is 2.34. The number of aliphatic imine (C=N–C) groups is 3. The fraction of sp³-hybridized carbons (Fsp3) is 0.389. The van der Waals surface area contributed by atoms with Crippen molar-refractivity contribution in [2.75, 3.05) is 18.8 Å². The molecule has 3 heterocycles. The molecule has 4 rings (SSSR count). The van der Waals surface area contributed by atoms with Gasteiger partial charge in [0.05, 0.1) is 17.6 Å². The van der Waals surface area contributed by atoms with Crippen molar-refractivity contribution >= 4 is 29.0 Å². The molecule has 1 unspecified atom stereocenters. The van der Waals surface area contributed by atoms with Gasteiger partial charge in [0.2, 0.25) is 0 Å². The van der Waals surface area contributed by atoms with Gasteiger partial charge in [0.15, 0.2) is 5.66 Å². The van der Waals surface area contributed by atoms with Crippen LogP contribution < -0.4 is 11.1 Å². The number of fused-ring (bicyclic) bond motifs is 1. The van der Waals surface area contributed by atoms with Crippen LogP contribution in [0.1, 0.15) is 25.3 Å². The number of benzene rings is 1. The van der Waals surface area contributed by atoms with Crippen LogP contribution in [0.5, 0.6) is 0 Å². The number of hydrogen-bond acceptors (Lipinski definition) is 5. The van der Waals surface area contributed by atoms with Crippen LogP contribution in [0.3, 0.4) is 0 Å². The van der Waals surface area contributed by atoms with Crippen molar-refractivity contribution in [3.05, 3.63) is 35.9 Å².